The molecule has 0 saturated carbocycles. The minimum Gasteiger partial charge on any atom is -0.290 e. The van der Waals surface area contributed by atoms with Crippen LogP contribution in [0, 0.1) is 18.8 Å². The molecule has 0 aliphatic heterocycles. The highest BCUT2D eigenvalue weighted by Crippen LogP contribution is 2.29. The second-order valence-corrected chi connectivity index (χ2v) is 7.33. The number of hydrogen-bond acceptors (Lipinski definition) is 1. The van der Waals surface area contributed by atoms with Crippen molar-refractivity contribution in [1.82, 2.24) is 0 Å². The third kappa shape index (κ3) is 4.91. The average molecular weight is 402 g/mol. The van der Waals surface area contributed by atoms with Crippen molar-refractivity contribution in [3.8, 4) is 11.8 Å². The number of amides is 1. The lowest BCUT2D eigenvalue weighted by atomic mass is 10.0. The maximum Gasteiger partial charge on any atom is 0.259 e. The van der Waals surface area contributed by atoms with Gasteiger partial charge in [-0.1, -0.05) is 96.3 Å². The van der Waals surface area contributed by atoms with Gasteiger partial charge in [-0.2, -0.15) is 0 Å². The van der Waals surface area contributed by atoms with Crippen LogP contribution in [-0.2, 0) is 0 Å². The topological polar surface area (TPSA) is 20.3 Å². The van der Waals surface area contributed by atoms with E-state index in [0.717, 1.165) is 16.8 Å². The molecule has 1 amide bonds. The first kappa shape index (κ1) is 20.2. The van der Waals surface area contributed by atoms with E-state index >= 15 is 0 Å². The van der Waals surface area contributed by atoms with Crippen LogP contribution in [-0.4, -0.2) is 5.91 Å². The lowest BCUT2D eigenvalue weighted by molar-refractivity contribution is 0.0981. The summed E-state index contributed by atoms with van der Waals surface area (Å²) in [6, 6.07) is 36.7. The van der Waals surface area contributed by atoms with E-state index in [2.05, 4.69) is 30.9 Å². The number of aryl methyl sites for hydroxylation is 1. The summed E-state index contributed by atoms with van der Waals surface area (Å²) in [5.41, 5.74) is 4.50. The number of para-hydroxylation sites is 1. The molecule has 4 rings (SSSR count). The Hall–Kier alpha value is -4.09. The molecule has 4 aromatic rings. The maximum absolute atomic E-state index is 13.7. The first-order valence-electron chi connectivity index (χ1n) is 10.3. The normalized spacial score (nSPS) is 11.1. The zero-order valence-corrected chi connectivity index (χ0v) is 17.4. The second-order valence-electron chi connectivity index (χ2n) is 7.33. The smallest absolute Gasteiger partial charge is 0.259 e. The lowest BCUT2D eigenvalue weighted by Crippen LogP contribution is -2.34. The van der Waals surface area contributed by atoms with Gasteiger partial charge in [0.05, 0.1) is 0 Å². The highest BCUT2D eigenvalue weighted by atomic mass is 16.2. The van der Waals surface area contributed by atoms with Crippen molar-refractivity contribution in [3.05, 3.63) is 138 Å². The van der Waals surface area contributed by atoms with Gasteiger partial charge >= 0.3 is 0 Å². The molecule has 0 bridgehead atoms. The minimum atomic E-state index is -0.434. The SMILES string of the molecule is Cc1ccc(C(C#Cc2ccccc2)N(C(=O)c2ccccc2)c2ccccc2)cc1. The predicted molar refractivity (Wildman–Crippen MR) is 127 cm³/mol. The number of carbonyl (C=O) groups is 1. The largest absolute Gasteiger partial charge is 0.290 e. The molecule has 1 unspecified atom stereocenters. The fourth-order valence-corrected chi connectivity index (χ4v) is 3.41. The molecule has 2 heteroatoms. The van der Waals surface area contributed by atoms with Crippen LogP contribution in [0.1, 0.15) is 33.1 Å². The Morgan fingerprint density at radius 1 is 0.710 bits per heavy atom. The molecule has 31 heavy (non-hydrogen) atoms. The number of benzene rings is 4. The molecule has 1 atom stereocenters. The minimum absolute atomic E-state index is 0.0836. The Balaban J connectivity index is 1.86. The highest BCUT2D eigenvalue weighted by molar-refractivity contribution is 6.07. The third-order valence-corrected chi connectivity index (χ3v) is 5.05. The molecule has 4 aromatic carbocycles. The van der Waals surface area contributed by atoms with Crippen molar-refractivity contribution in [1.29, 1.82) is 0 Å². The van der Waals surface area contributed by atoms with E-state index in [1.54, 1.807) is 4.90 Å². The van der Waals surface area contributed by atoms with Crippen molar-refractivity contribution in [2.45, 2.75) is 13.0 Å². The first-order chi connectivity index (χ1) is 15.2. The van der Waals surface area contributed by atoms with Crippen LogP contribution >= 0.6 is 0 Å². The Labute approximate surface area is 183 Å². The van der Waals surface area contributed by atoms with Crippen molar-refractivity contribution >= 4 is 11.6 Å². The van der Waals surface area contributed by atoms with E-state index in [1.165, 1.54) is 5.56 Å². The van der Waals surface area contributed by atoms with Crippen molar-refractivity contribution < 1.29 is 4.79 Å². The lowest BCUT2D eigenvalue weighted by Gasteiger charge is -2.29. The molecule has 150 valence electrons. The Morgan fingerprint density at radius 2 is 1.26 bits per heavy atom. The fraction of sp³-hybridized carbons (Fsp3) is 0.0690. The van der Waals surface area contributed by atoms with Gasteiger partial charge < -0.3 is 0 Å². The molecule has 0 aliphatic carbocycles. The molecular weight excluding hydrogens is 378 g/mol. The van der Waals surface area contributed by atoms with E-state index in [-0.39, 0.29) is 5.91 Å². The Kier molecular flexibility index (Phi) is 6.26. The fourth-order valence-electron chi connectivity index (χ4n) is 3.41. The molecule has 0 saturated heterocycles. The quantitative estimate of drug-likeness (QED) is 0.361. The molecular formula is C29H23NO. The van der Waals surface area contributed by atoms with Crippen LogP contribution in [0.15, 0.2) is 115 Å². The van der Waals surface area contributed by atoms with Gasteiger partial charge in [0.1, 0.15) is 6.04 Å². The molecule has 0 radical (unpaired) electrons. The van der Waals surface area contributed by atoms with Gasteiger partial charge in [-0.25, -0.2) is 0 Å². The average Bonchev–Trinajstić information content (AvgIpc) is 2.84. The Bertz CT molecular complexity index is 1190. The van der Waals surface area contributed by atoms with Crippen molar-refractivity contribution in [2.24, 2.45) is 0 Å². The van der Waals surface area contributed by atoms with E-state index in [4.69, 9.17) is 0 Å². The second kappa shape index (κ2) is 9.61. The predicted octanol–water partition coefficient (Wildman–Crippen LogP) is 6.43. The molecule has 0 spiro atoms. The van der Waals surface area contributed by atoms with E-state index in [1.807, 2.05) is 103 Å². The molecule has 0 aliphatic rings. The van der Waals surface area contributed by atoms with Crippen LogP contribution in [0.5, 0.6) is 0 Å². The van der Waals surface area contributed by atoms with Gasteiger partial charge in [-0.15, -0.1) is 0 Å². The molecule has 2 nitrogen and oxygen atoms in total. The van der Waals surface area contributed by atoms with Crippen LogP contribution in [0.25, 0.3) is 0 Å². The molecule has 0 aromatic heterocycles. The maximum atomic E-state index is 13.7. The zero-order chi connectivity index (χ0) is 21.5. The zero-order valence-electron chi connectivity index (χ0n) is 17.4. The molecule has 0 N–H and O–H groups in total. The first-order valence-corrected chi connectivity index (χ1v) is 10.3. The van der Waals surface area contributed by atoms with Crippen molar-refractivity contribution in [3.63, 3.8) is 0 Å². The van der Waals surface area contributed by atoms with Crippen LogP contribution in [0.3, 0.4) is 0 Å². The van der Waals surface area contributed by atoms with E-state index < -0.39 is 6.04 Å². The highest BCUT2D eigenvalue weighted by Gasteiger charge is 2.26. The number of anilines is 1. The monoisotopic (exact) mass is 401 g/mol. The summed E-state index contributed by atoms with van der Waals surface area (Å²) >= 11 is 0. The summed E-state index contributed by atoms with van der Waals surface area (Å²) in [4.78, 5) is 15.5. The van der Waals surface area contributed by atoms with Gasteiger partial charge in [0, 0.05) is 16.8 Å². The summed E-state index contributed by atoms with van der Waals surface area (Å²) in [5, 5.41) is 0. The van der Waals surface area contributed by atoms with Crippen LogP contribution in [0.2, 0.25) is 0 Å². The van der Waals surface area contributed by atoms with Gasteiger partial charge in [-0.3, -0.25) is 9.69 Å². The van der Waals surface area contributed by atoms with Gasteiger partial charge in [0.25, 0.3) is 5.91 Å². The number of carbonyl (C=O) groups excluding carboxylic acids is 1. The summed E-state index contributed by atoms with van der Waals surface area (Å²) in [6.45, 7) is 2.05. The van der Waals surface area contributed by atoms with E-state index in [9.17, 15) is 4.79 Å². The van der Waals surface area contributed by atoms with Crippen LogP contribution in [0.4, 0.5) is 5.69 Å². The van der Waals surface area contributed by atoms with Gasteiger partial charge in [0.2, 0.25) is 0 Å². The number of hydrogen-bond donors (Lipinski definition) is 0. The van der Waals surface area contributed by atoms with E-state index in [0.29, 0.717) is 5.56 Å². The standard InChI is InChI=1S/C29H23NO/c1-23-17-20-25(21-18-23)28(22-19-24-11-5-2-6-12-24)30(27-15-9-4-10-16-27)29(31)26-13-7-3-8-14-26/h2-18,20-21,28H,1H3. The summed E-state index contributed by atoms with van der Waals surface area (Å²) < 4.78 is 0. The molecule has 0 fully saturated rings. The van der Waals surface area contributed by atoms with Crippen molar-refractivity contribution in [2.75, 3.05) is 4.90 Å². The Morgan fingerprint density at radius 3 is 1.87 bits per heavy atom. The summed E-state index contributed by atoms with van der Waals surface area (Å²) in [7, 11) is 0. The van der Waals surface area contributed by atoms with Crippen LogP contribution < -0.4 is 4.90 Å². The third-order valence-electron chi connectivity index (χ3n) is 5.05. The summed E-state index contributed by atoms with van der Waals surface area (Å²) in [6.07, 6.45) is 0. The molecule has 0 heterocycles. The van der Waals surface area contributed by atoms with Gasteiger partial charge in [0.15, 0.2) is 0 Å². The van der Waals surface area contributed by atoms with Gasteiger partial charge in [-0.05, 0) is 48.9 Å². The summed E-state index contributed by atoms with van der Waals surface area (Å²) in [5.74, 6) is 6.56. The number of rotatable bonds is 4. The number of nitrogens with zero attached hydrogens (tertiary/aromatic N) is 1.